The average Bonchev–Trinajstić information content (AvgIpc) is 2.75. The van der Waals surface area contributed by atoms with Gasteiger partial charge in [0, 0.05) is 34.9 Å². The Morgan fingerprint density at radius 1 is 1.35 bits per heavy atom. The second-order valence-electron chi connectivity index (χ2n) is 5.12. The van der Waals surface area contributed by atoms with Crippen molar-refractivity contribution >= 4 is 44.2 Å². The van der Waals surface area contributed by atoms with Crippen molar-refractivity contribution in [3.8, 4) is 6.07 Å². The van der Waals surface area contributed by atoms with Crippen LogP contribution in [0.3, 0.4) is 0 Å². The zero-order valence-corrected chi connectivity index (χ0v) is 13.0. The van der Waals surface area contributed by atoms with E-state index < -0.39 is 0 Å². The van der Waals surface area contributed by atoms with E-state index in [1.165, 1.54) is 0 Å². The minimum atomic E-state index is 0.325. The van der Waals surface area contributed by atoms with E-state index in [4.69, 9.17) is 16.9 Å². The van der Waals surface area contributed by atoms with Gasteiger partial charge in [-0.1, -0.05) is 11.6 Å². The Balaban J connectivity index is 2.11. The Kier molecular flexibility index (Phi) is 3.57. The molecule has 0 atom stereocenters. The first-order valence-electron chi connectivity index (χ1n) is 6.51. The van der Waals surface area contributed by atoms with Gasteiger partial charge in [0.15, 0.2) is 0 Å². The van der Waals surface area contributed by atoms with E-state index in [2.05, 4.69) is 26.6 Å². The van der Waals surface area contributed by atoms with Gasteiger partial charge < -0.3 is 4.57 Å². The highest BCUT2D eigenvalue weighted by molar-refractivity contribution is 9.10. The van der Waals surface area contributed by atoms with E-state index in [1.807, 2.05) is 18.3 Å². The number of Topliss-reactive ketones (excluding diaryl/α,β-unsaturated/α-hetero) is 1. The Morgan fingerprint density at radius 2 is 2.05 bits per heavy atom. The van der Waals surface area contributed by atoms with Crippen LogP contribution in [0.5, 0.6) is 0 Å². The molecule has 2 aromatic rings. The van der Waals surface area contributed by atoms with Crippen LogP contribution in [0.4, 0.5) is 0 Å². The highest BCUT2D eigenvalue weighted by Gasteiger charge is 2.22. The van der Waals surface area contributed by atoms with Crippen molar-refractivity contribution in [1.29, 1.82) is 5.26 Å². The molecule has 3 rings (SSSR count). The van der Waals surface area contributed by atoms with E-state index in [1.54, 1.807) is 0 Å². The third-order valence-corrected chi connectivity index (χ3v) is 4.84. The monoisotopic (exact) mass is 350 g/mol. The molecule has 1 fully saturated rings. The predicted molar refractivity (Wildman–Crippen MR) is 81.9 cm³/mol. The number of carbonyl (C=O) groups is 1. The molecule has 1 aliphatic carbocycles. The molecule has 0 saturated heterocycles. The van der Waals surface area contributed by atoms with Crippen LogP contribution in [0, 0.1) is 11.3 Å². The van der Waals surface area contributed by atoms with E-state index in [0.29, 0.717) is 35.3 Å². The summed E-state index contributed by atoms with van der Waals surface area (Å²) in [4.78, 5) is 11.4. The fraction of sp³-hybridized carbons (Fsp3) is 0.333. The number of aromatic nitrogens is 1. The van der Waals surface area contributed by atoms with E-state index >= 15 is 0 Å². The van der Waals surface area contributed by atoms with Gasteiger partial charge >= 0.3 is 0 Å². The Labute approximate surface area is 130 Å². The van der Waals surface area contributed by atoms with Gasteiger partial charge in [-0.25, -0.2) is 0 Å². The largest absolute Gasteiger partial charge is 0.343 e. The van der Waals surface area contributed by atoms with Gasteiger partial charge in [-0.05, 0) is 40.9 Å². The molecule has 0 aliphatic heterocycles. The summed E-state index contributed by atoms with van der Waals surface area (Å²) in [5, 5.41) is 10.5. The summed E-state index contributed by atoms with van der Waals surface area (Å²) >= 11 is 9.69. The van der Waals surface area contributed by atoms with Crippen LogP contribution >= 0.6 is 27.5 Å². The first kappa shape index (κ1) is 13.7. The third kappa shape index (κ3) is 2.25. The lowest BCUT2D eigenvalue weighted by atomic mass is 9.94. The van der Waals surface area contributed by atoms with Crippen molar-refractivity contribution in [3.05, 3.63) is 33.4 Å². The predicted octanol–water partition coefficient (Wildman–Crippen LogP) is 4.61. The Bertz CT molecular complexity index is 734. The summed E-state index contributed by atoms with van der Waals surface area (Å²) in [6, 6.07) is 6.08. The third-order valence-electron chi connectivity index (χ3n) is 3.90. The van der Waals surface area contributed by atoms with Gasteiger partial charge in [0.2, 0.25) is 0 Å². The van der Waals surface area contributed by atoms with Crippen LogP contribution in [0.2, 0.25) is 5.02 Å². The van der Waals surface area contributed by atoms with E-state index in [0.717, 1.165) is 28.2 Å². The van der Waals surface area contributed by atoms with Crippen molar-refractivity contribution in [2.24, 2.45) is 0 Å². The molecule has 0 N–H and O–H groups in total. The maximum atomic E-state index is 11.4. The zero-order valence-electron chi connectivity index (χ0n) is 10.7. The molecule has 1 saturated carbocycles. The first-order valence-corrected chi connectivity index (χ1v) is 7.68. The molecule has 0 amide bonds. The molecule has 0 bridgehead atoms. The summed E-state index contributed by atoms with van der Waals surface area (Å²) in [5.74, 6) is 0.349. The molecule has 0 radical (unpaired) electrons. The lowest BCUT2D eigenvalue weighted by Gasteiger charge is -2.23. The van der Waals surface area contributed by atoms with Crippen molar-refractivity contribution in [2.45, 2.75) is 31.7 Å². The van der Waals surface area contributed by atoms with Crippen molar-refractivity contribution in [2.75, 3.05) is 0 Å². The normalized spacial score (nSPS) is 16.6. The maximum Gasteiger partial charge on any atom is 0.133 e. The van der Waals surface area contributed by atoms with Crippen LogP contribution in [0.1, 0.15) is 37.3 Å². The standard InChI is InChI=1S/C15H12BrClN2O/c16-13-8-19(10-1-3-11(20)4-2-10)15-6-14(17)9(7-18)5-12(13)15/h5-6,8,10H,1-4H2. The summed E-state index contributed by atoms with van der Waals surface area (Å²) in [5.41, 5.74) is 1.50. The molecule has 20 heavy (non-hydrogen) atoms. The van der Waals surface area contributed by atoms with Gasteiger partial charge in [-0.15, -0.1) is 0 Å². The summed E-state index contributed by atoms with van der Waals surface area (Å²) < 4.78 is 3.14. The first-order chi connectivity index (χ1) is 9.60. The molecule has 1 heterocycles. The molecule has 0 unspecified atom stereocenters. The lowest BCUT2D eigenvalue weighted by molar-refractivity contribution is -0.120. The number of carbonyl (C=O) groups excluding carboxylic acids is 1. The van der Waals surface area contributed by atoms with Crippen LogP contribution in [0.25, 0.3) is 10.9 Å². The number of fused-ring (bicyclic) bond motifs is 1. The molecular formula is C15H12BrClN2O. The second-order valence-corrected chi connectivity index (χ2v) is 6.38. The quantitative estimate of drug-likeness (QED) is 0.753. The number of ketones is 1. The topological polar surface area (TPSA) is 45.8 Å². The second kappa shape index (κ2) is 5.23. The summed E-state index contributed by atoms with van der Waals surface area (Å²) in [7, 11) is 0. The number of halogens is 2. The number of rotatable bonds is 1. The number of hydrogen-bond donors (Lipinski definition) is 0. The van der Waals surface area contributed by atoms with E-state index in [9.17, 15) is 4.79 Å². The van der Waals surface area contributed by atoms with Gasteiger partial charge in [0.05, 0.1) is 16.1 Å². The van der Waals surface area contributed by atoms with E-state index in [-0.39, 0.29) is 0 Å². The van der Waals surface area contributed by atoms with Gasteiger partial charge in [0.25, 0.3) is 0 Å². The number of nitriles is 1. The fourth-order valence-electron chi connectivity index (χ4n) is 2.82. The molecule has 1 aromatic heterocycles. The summed E-state index contributed by atoms with van der Waals surface area (Å²) in [6.07, 6.45) is 5.06. The minimum absolute atomic E-state index is 0.325. The van der Waals surface area contributed by atoms with Gasteiger partial charge in [0.1, 0.15) is 11.9 Å². The van der Waals surface area contributed by atoms with Crippen LogP contribution in [-0.4, -0.2) is 10.4 Å². The van der Waals surface area contributed by atoms with Gasteiger partial charge in [-0.2, -0.15) is 5.26 Å². The molecule has 102 valence electrons. The minimum Gasteiger partial charge on any atom is -0.343 e. The lowest BCUT2D eigenvalue weighted by Crippen LogP contribution is -2.17. The fourth-order valence-corrected chi connectivity index (χ4v) is 3.56. The average molecular weight is 352 g/mol. The highest BCUT2D eigenvalue weighted by Crippen LogP contribution is 2.36. The number of benzene rings is 1. The number of hydrogen-bond acceptors (Lipinski definition) is 2. The Morgan fingerprint density at radius 3 is 2.70 bits per heavy atom. The van der Waals surface area contributed by atoms with Crippen LogP contribution in [0.15, 0.2) is 22.8 Å². The Hall–Kier alpha value is -1.31. The van der Waals surface area contributed by atoms with Crippen LogP contribution < -0.4 is 0 Å². The molecule has 3 nitrogen and oxygen atoms in total. The smallest absolute Gasteiger partial charge is 0.133 e. The molecule has 1 aliphatic rings. The van der Waals surface area contributed by atoms with Gasteiger partial charge in [-0.3, -0.25) is 4.79 Å². The molecular weight excluding hydrogens is 340 g/mol. The van der Waals surface area contributed by atoms with Crippen LogP contribution in [-0.2, 0) is 4.79 Å². The molecule has 5 heteroatoms. The SMILES string of the molecule is N#Cc1cc2c(Br)cn(C3CCC(=O)CC3)c2cc1Cl. The maximum absolute atomic E-state index is 11.4. The van der Waals surface area contributed by atoms with Crippen molar-refractivity contribution < 1.29 is 4.79 Å². The zero-order chi connectivity index (χ0) is 14.3. The molecule has 1 aromatic carbocycles. The highest BCUT2D eigenvalue weighted by atomic mass is 79.9. The molecule has 0 spiro atoms. The van der Waals surface area contributed by atoms with Crippen molar-refractivity contribution in [1.82, 2.24) is 4.57 Å². The number of nitrogens with zero attached hydrogens (tertiary/aromatic N) is 2. The van der Waals surface area contributed by atoms with Crippen molar-refractivity contribution in [3.63, 3.8) is 0 Å². The summed E-state index contributed by atoms with van der Waals surface area (Å²) in [6.45, 7) is 0.